The molecule has 0 fully saturated rings. The van der Waals surface area contributed by atoms with E-state index in [1.54, 1.807) is 38.1 Å². The van der Waals surface area contributed by atoms with Crippen molar-refractivity contribution in [3.05, 3.63) is 85.9 Å². The summed E-state index contributed by atoms with van der Waals surface area (Å²) >= 11 is 9.70. The molecule has 0 saturated carbocycles. The van der Waals surface area contributed by atoms with Crippen molar-refractivity contribution in [3.8, 4) is 11.8 Å². The van der Waals surface area contributed by atoms with Crippen LogP contribution in [0.2, 0.25) is 5.02 Å². The van der Waals surface area contributed by atoms with Crippen LogP contribution in [0.5, 0.6) is 5.75 Å². The second kappa shape index (κ2) is 9.90. The number of hydrogen-bond acceptors (Lipinski definition) is 6. The Balaban J connectivity index is 1.94. The van der Waals surface area contributed by atoms with Gasteiger partial charge in [0.25, 0.3) is 0 Å². The average Bonchev–Trinajstić information content (AvgIpc) is 2.73. The smallest absolute Gasteiger partial charge is 0.338 e. The lowest BCUT2D eigenvalue weighted by Gasteiger charge is -2.27. The average molecular weight is 504 g/mol. The number of nitriles is 1. The van der Waals surface area contributed by atoms with Crippen LogP contribution >= 0.6 is 27.5 Å². The Morgan fingerprint density at radius 3 is 2.71 bits per heavy atom. The molecule has 3 rings (SSSR count). The maximum Gasteiger partial charge on any atom is 0.338 e. The van der Waals surface area contributed by atoms with Gasteiger partial charge in [0.2, 0.25) is 5.88 Å². The molecule has 0 saturated heterocycles. The van der Waals surface area contributed by atoms with Crippen LogP contribution in [0.15, 0.2) is 69.7 Å². The van der Waals surface area contributed by atoms with E-state index in [2.05, 4.69) is 22.0 Å². The van der Waals surface area contributed by atoms with Crippen LogP contribution in [0.25, 0.3) is 0 Å². The molecule has 2 aromatic rings. The lowest BCUT2D eigenvalue weighted by molar-refractivity contribution is -0.139. The van der Waals surface area contributed by atoms with E-state index in [9.17, 15) is 10.1 Å². The van der Waals surface area contributed by atoms with Crippen LogP contribution in [0.4, 0.5) is 0 Å². The number of carbonyl (C=O) groups excluding carboxylic acids is 1. The lowest BCUT2D eigenvalue weighted by atomic mass is 9.83. The van der Waals surface area contributed by atoms with Crippen LogP contribution < -0.4 is 10.5 Å². The van der Waals surface area contributed by atoms with Gasteiger partial charge in [0.15, 0.2) is 0 Å². The Bertz CT molecular complexity index is 1120. The van der Waals surface area contributed by atoms with Gasteiger partial charge in [0.1, 0.15) is 29.8 Å². The van der Waals surface area contributed by atoms with E-state index in [0.29, 0.717) is 26.6 Å². The number of benzene rings is 2. The zero-order chi connectivity index (χ0) is 22.5. The second-order valence-electron chi connectivity index (χ2n) is 6.69. The molecule has 1 unspecified atom stereocenters. The molecule has 0 spiro atoms. The number of hydrogen-bond donors (Lipinski definition) is 1. The van der Waals surface area contributed by atoms with Gasteiger partial charge in [-0.1, -0.05) is 35.9 Å². The topological polar surface area (TPSA) is 94.6 Å². The van der Waals surface area contributed by atoms with E-state index < -0.39 is 11.9 Å². The van der Waals surface area contributed by atoms with Crippen LogP contribution in [-0.2, 0) is 20.9 Å². The summed E-state index contributed by atoms with van der Waals surface area (Å²) < 4.78 is 17.2. The summed E-state index contributed by atoms with van der Waals surface area (Å²) in [5.41, 5.74) is 7.85. The summed E-state index contributed by atoms with van der Waals surface area (Å²) in [7, 11) is 0. The molecule has 1 atom stereocenters. The molecule has 2 N–H and O–H groups in total. The Hall–Kier alpha value is -2.95. The van der Waals surface area contributed by atoms with Crippen LogP contribution in [-0.4, -0.2) is 12.6 Å². The van der Waals surface area contributed by atoms with Gasteiger partial charge < -0.3 is 19.9 Å². The third kappa shape index (κ3) is 4.87. The van der Waals surface area contributed by atoms with E-state index in [4.69, 9.17) is 31.5 Å². The van der Waals surface area contributed by atoms with Crippen molar-refractivity contribution < 1.29 is 19.0 Å². The minimum absolute atomic E-state index is 0.0341. The molecule has 1 aliphatic heterocycles. The van der Waals surface area contributed by atoms with Gasteiger partial charge in [-0.05, 0) is 53.5 Å². The van der Waals surface area contributed by atoms with Gasteiger partial charge in [0, 0.05) is 10.6 Å². The number of ether oxygens (including phenoxy) is 3. The number of nitrogens with two attached hydrogens (primary N) is 1. The molecule has 1 heterocycles. The van der Waals surface area contributed by atoms with Gasteiger partial charge in [-0.25, -0.2) is 4.79 Å². The van der Waals surface area contributed by atoms with Gasteiger partial charge in [-0.2, -0.15) is 5.26 Å². The summed E-state index contributed by atoms with van der Waals surface area (Å²) in [6, 6.07) is 14.8. The van der Waals surface area contributed by atoms with E-state index in [1.807, 2.05) is 18.2 Å². The van der Waals surface area contributed by atoms with Crippen molar-refractivity contribution in [3.63, 3.8) is 0 Å². The highest BCUT2D eigenvalue weighted by molar-refractivity contribution is 9.10. The second-order valence-corrected chi connectivity index (χ2v) is 7.95. The standard InChI is InChI=1S/C23H20BrClN2O4/c1-3-29-23(28)20-13(2)31-22(27)16(11-26)21(20)14-8-9-19(17(24)10-14)30-12-15-6-4-5-7-18(15)25/h4-10,21H,3,12,27H2,1-2H3. The molecular weight excluding hydrogens is 484 g/mol. The number of nitrogens with zero attached hydrogens (tertiary/aromatic N) is 1. The molecule has 0 radical (unpaired) electrons. The molecule has 6 nitrogen and oxygen atoms in total. The zero-order valence-corrected chi connectivity index (χ0v) is 19.3. The predicted octanol–water partition coefficient (Wildman–Crippen LogP) is 5.33. The summed E-state index contributed by atoms with van der Waals surface area (Å²) in [6.45, 7) is 3.82. The van der Waals surface area contributed by atoms with Crippen molar-refractivity contribution in [2.24, 2.45) is 5.73 Å². The number of halogens is 2. The van der Waals surface area contributed by atoms with Gasteiger partial charge in [-0.3, -0.25) is 0 Å². The molecule has 0 bridgehead atoms. The largest absolute Gasteiger partial charge is 0.488 e. The first kappa shape index (κ1) is 22.7. The molecule has 0 aliphatic carbocycles. The normalized spacial score (nSPS) is 15.9. The first-order valence-corrected chi connectivity index (χ1v) is 10.7. The minimum atomic E-state index is -0.716. The van der Waals surface area contributed by atoms with Crippen molar-refractivity contribution >= 4 is 33.5 Å². The van der Waals surface area contributed by atoms with Gasteiger partial charge >= 0.3 is 5.97 Å². The summed E-state index contributed by atoms with van der Waals surface area (Å²) in [4.78, 5) is 12.6. The highest BCUT2D eigenvalue weighted by atomic mass is 79.9. The Morgan fingerprint density at radius 2 is 2.06 bits per heavy atom. The predicted molar refractivity (Wildman–Crippen MR) is 120 cm³/mol. The Morgan fingerprint density at radius 1 is 1.32 bits per heavy atom. The van der Waals surface area contributed by atoms with Crippen LogP contribution in [0.1, 0.15) is 30.9 Å². The number of esters is 1. The van der Waals surface area contributed by atoms with Crippen molar-refractivity contribution in [2.45, 2.75) is 26.4 Å². The molecule has 1 aliphatic rings. The number of carbonyl (C=O) groups is 1. The Labute approximate surface area is 194 Å². The Kier molecular flexibility index (Phi) is 7.26. The van der Waals surface area contributed by atoms with Gasteiger partial charge in [-0.15, -0.1) is 0 Å². The minimum Gasteiger partial charge on any atom is -0.488 e. The van der Waals surface area contributed by atoms with Crippen molar-refractivity contribution in [2.75, 3.05) is 6.61 Å². The van der Waals surface area contributed by atoms with E-state index in [1.165, 1.54) is 0 Å². The first-order chi connectivity index (χ1) is 14.9. The molecule has 160 valence electrons. The fourth-order valence-electron chi connectivity index (χ4n) is 3.27. The van der Waals surface area contributed by atoms with E-state index >= 15 is 0 Å². The van der Waals surface area contributed by atoms with E-state index in [0.717, 1.165) is 5.56 Å². The van der Waals surface area contributed by atoms with Crippen molar-refractivity contribution in [1.82, 2.24) is 0 Å². The highest BCUT2D eigenvalue weighted by Crippen LogP contribution is 2.41. The highest BCUT2D eigenvalue weighted by Gasteiger charge is 2.36. The summed E-state index contributed by atoms with van der Waals surface area (Å²) in [6.07, 6.45) is 0. The summed E-state index contributed by atoms with van der Waals surface area (Å²) in [5, 5.41) is 10.3. The first-order valence-electron chi connectivity index (χ1n) is 9.48. The monoisotopic (exact) mass is 502 g/mol. The fourth-order valence-corrected chi connectivity index (χ4v) is 3.97. The number of rotatable bonds is 6. The van der Waals surface area contributed by atoms with Crippen LogP contribution in [0, 0.1) is 11.3 Å². The third-order valence-electron chi connectivity index (χ3n) is 4.73. The third-order valence-corrected chi connectivity index (χ3v) is 5.72. The van der Waals surface area contributed by atoms with Gasteiger partial charge in [0.05, 0.1) is 22.6 Å². The molecule has 0 aromatic heterocycles. The molecular formula is C23H20BrClN2O4. The fraction of sp³-hybridized carbons (Fsp3) is 0.217. The number of allylic oxidation sites excluding steroid dienone is 2. The SMILES string of the molecule is CCOC(=O)C1=C(C)OC(N)=C(C#N)C1c1ccc(OCc2ccccc2Cl)c(Br)c1. The summed E-state index contributed by atoms with van der Waals surface area (Å²) in [5.74, 6) is -0.417. The molecule has 0 amide bonds. The maximum absolute atomic E-state index is 12.6. The lowest BCUT2D eigenvalue weighted by Crippen LogP contribution is -2.25. The zero-order valence-electron chi connectivity index (χ0n) is 16.9. The quantitative estimate of drug-likeness (QED) is 0.536. The molecule has 2 aromatic carbocycles. The molecule has 31 heavy (non-hydrogen) atoms. The van der Waals surface area contributed by atoms with Crippen molar-refractivity contribution in [1.29, 1.82) is 5.26 Å². The van der Waals surface area contributed by atoms with Crippen LogP contribution in [0.3, 0.4) is 0 Å². The van der Waals surface area contributed by atoms with E-state index in [-0.39, 0.29) is 30.2 Å². The maximum atomic E-state index is 12.6. The molecule has 8 heteroatoms.